The molecule has 0 aromatic heterocycles. The maximum atomic E-state index is 13.2. The molecule has 2 aromatic rings. The second kappa shape index (κ2) is 5.63. The molecule has 0 saturated heterocycles. The summed E-state index contributed by atoms with van der Waals surface area (Å²) in [6, 6.07) is 12.5. The molecule has 2 rings (SSSR count). The van der Waals surface area contributed by atoms with Crippen LogP contribution in [0.3, 0.4) is 0 Å². The number of carbonyl (C=O) groups excluding carboxylic acids is 1. The molecule has 0 aliphatic carbocycles. The Morgan fingerprint density at radius 2 is 2.00 bits per heavy atom. The molecule has 1 amide bonds. The topological polar surface area (TPSA) is 52.9 Å². The van der Waals surface area contributed by atoms with Gasteiger partial charge in [0.2, 0.25) is 0 Å². The maximum Gasteiger partial charge on any atom is 0.256 e. The Bertz CT molecular complexity index is 679. The molecule has 0 heterocycles. The molecule has 0 atom stereocenters. The van der Waals surface area contributed by atoms with E-state index in [2.05, 4.69) is 21.2 Å². The molecule has 0 aliphatic heterocycles. The van der Waals surface area contributed by atoms with E-state index >= 15 is 0 Å². The summed E-state index contributed by atoms with van der Waals surface area (Å²) in [6.07, 6.45) is 0. The van der Waals surface area contributed by atoms with Crippen LogP contribution in [0, 0.1) is 17.1 Å². The standard InChI is InChI=1S/C14H8BrFN2O/c15-12-4-2-1-3-11(12)14(19)18-10-5-6-13(16)9(7-10)8-17/h1-7H,(H,18,19). The average Bonchev–Trinajstić information content (AvgIpc) is 2.41. The molecule has 0 bridgehead atoms. The highest BCUT2D eigenvalue weighted by molar-refractivity contribution is 9.10. The van der Waals surface area contributed by atoms with Crippen LogP contribution in [0.2, 0.25) is 0 Å². The molecule has 0 unspecified atom stereocenters. The molecule has 0 spiro atoms. The molecule has 0 fully saturated rings. The van der Waals surface area contributed by atoms with Crippen molar-refractivity contribution in [3.63, 3.8) is 0 Å². The van der Waals surface area contributed by atoms with Gasteiger partial charge in [-0.2, -0.15) is 5.26 Å². The Morgan fingerprint density at radius 1 is 1.26 bits per heavy atom. The van der Waals surface area contributed by atoms with Crippen LogP contribution in [0.5, 0.6) is 0 Å². The van der Waals surface area contributed by atoms with Gasteiger partial charge < -0.3 is 5.32 Å². The van der Waals surface area contributed by atoms with Gasteiger partial charge in [0.1, 0.15) is 11.9 Å². The normalized spacial score (nSPS) is 9.74. The van der Waals surface area contributed by atoms with Gasteiger partial charge in [0.25, 0.3) is 5.91 Å². The number of halogens is 2. The third-order valence-electron chi connectivity index (χ3n) is 2.46. The zero-order chi connectivity index (χ0) is 13.8. The van der Waals surface area contributed by atoms with Crippen molar-refractivity contribution in [2.75, 3.05) is 5.32 Å². The van der Waals surface area contributed by atoms with Gasteiger partial charge >= 0.3 is 0 Å². The van der Waals surface area contributed by atoms with Crippen LogP contribution < -0.4 is 5.32 Å². The number of rotatable bonds is 2. The van der Waals surface area contributed by atoms with Crippen LogP contribution >= 0.6 is 15.9 Å². The van der Waals surface area contributed by atoms with Crippen LogP contribution in [-0.2, 0) is 0 Å². The Balaban J connectivity index is 2.25. The van der Waals surface area contributed by atoms with Crippen LogP contribution in [0.25, 0.3) is 0 Å². The second-order valence-electron chi connectivity index (χ2n) is 3.74. The van der Waals surface area contributed by atoms with Crippen molar-refractivity contribution in [1.82, 2.24) is 0 Å². The predicted octanol–water partition coefficient (Wildman–Crippen LogP) is 3.71. The molecule has 19 heavy (non-hydrogen) atoms. The van der Waals surface area contributed by atoms with E-state index in [0.717, 1.165) is 6.07 Å². The number of hydrogen-bond donors (Lipinski definition) is 1. The molecular weight excluding hydrogens is 311 g/mol. The van der Waals surface area contributed by atoms with Gasteiger partial charge in [-0.25, -0.2) is 4.39 Å². The van der Waals surface area contributed by atoms with Gasteiger partial charge in [-0.15, -0.1) is 0 Å². The fourth-order valence-electron chi connectivity index (χ4n) is 1.53. The monoisotopic (exact) mass is 318 g/mol. The van der Waals surface area contributed by atoms with E-state index in [1.165, 1.54) is 12.1 Å². The van der Waals surface area contributed by atoms with Crippen molar-refractivity contribution >= 4 is 27.5 Å². The Morgan fingerprint density at radius 3 is 2.68 bits per heavy atom. The summed E-state index contributed by atoms with van der Waals surface area (Å²) in [7, 11) is 0. The number of anilines is 1. The molecular formula is C14H8BrFN2O. The lowest BCUT2D eigenvalue weighted by atomic mass is 10.2. The van der Waals surface area contributed by atoms with Gasteiger partial charge in [0.15, 0.2) is 0 Å². The van der Waals surface area contributed by atoms with Gasteiger partial charge in [-0.05, 0) is 46.3 Å². The number of nitrogens with zero attached hydrogens (tertiary/aromatic N) is 1. The molecule has 0 saturated carbocycles. The summed E-state index contributed by atoms with van der Waals surface area (Å²) >= 11 is 3.28. The molecule has 2 aromatic carbocycles. The third-order valence-corrected chi connectivity index (χ3v) is 3.15. The molecule has 3 nitrogen and oxygen atoms in total. The largest absolute Gasteiger partial charge is 0.322 e. The van der Waals surface area contributed by atoms with E-state index in [0.29, 0.717) is 15.7 Å². The SMILES string of the molecule is N#Cc1cc(NC(=O)c2ccccc2Br)ccc1F. The van der Waals surface area contributed by atoms with Crippen LogP contribution in [0.15, 0.2) is 46.9 Å². The summed E-state index contributed by atoms with van der Waals surface area (Å²) in [5.41, 5.74) is 0.731. The molecule has 1 N–H and O–H groups in total. The number of hydrogen-bond acceptors (Lipinski definition) is 2. The fourth-order valence-corrected chi connectivity index (χ4v) is 2.00. The smallest absolute Gasteiger partial charge is 0.256 e. The number of carbonyl (C=O) groups is 1. The van der Waals surface area contributed by atoms with E-state index in [9.17, 15) is 9.18 Å². The van der Waals surface area contributed by atoms with E-state index in [4.69, 9.17) is 5.26 Å². The van der Waals surface area contributed by atoms with Gasteiger partial charge in [-0.1, -0.05) is 12.1 Å². The van der Waals surface area contributed by atoms with E-state index in [1.54, 1.807) is 30.3 Å². The first kappa shape index (κ1) is 13.2. The maximum absolute atomic E-state index is 13.2. The van der Waals surface area contributed by atoms with Crippen LogP contribution in [-0.4, -0.2) is 5.91 Å². The minimum atomic E-state index is -0.610. The Kier molecular flexibility index (Phi) is 3.93. The molecule has 94 valence electrons. The Hall–Kier alpha value is -2.19. The van der Waals surface area contributed by atoms with Crippen LogP contribution in [0.1, 0.15) is 15.9 Å². The van der Waals surface area contributed by atoms with Crippen molar-refractivity contribution in [3.05, 3.63) is 63.9 Å². The minimum absolute atomic E-state index is 0.107. The summed E-state index contributed by atoms with van der Waals surface area (Å²) in [5.74, 6) is -0.940. The number of amides is 1. The lowest BCUT2D eigenvalue weighted by Crippen LogP contribution is -2.12. The average molecular weight is 319 g/mol. The first-order valence-corrected chi connectivity index (χ1v) is 6.16. The summed E-state index contributed by atoms with van der Waals surface area (Å²) in [6.45, 7) is 0. The van der Waals surface area contributed by atoms with E-state index < -0.39 is 5.82 Å². The first-order valence-electron chi connectivity index (χ1n) is 5.37. The first-order chi connectivity index (χ1) is 9.11. The van der Waals surface area contributed by atoms with Crippen molar-refractivity contribution in [3.8, 4) is 6.07 Å². The summed E-state index contributed by atoms with van der Waals surface area (Å²) in [4.78, 5) is 12.0. The fraction of sp³-hybridized carbons (Fsp3) is 0. The predicted molar refractivity (Wildman–Crippen MR) is 73.2 cm³/mol. The minimum Gasteiger partial charge on any atom is -0.322 e. The van der Waals surface area contributed by atoms with Crippen molar-refractivity contribution in [2.24, 2.45) is 0 Å². The second-order valence-corrected chi connectivity index (χ2v) is 4.59. The highest BCUT2D eigenvalue weighted by Crippen LogP contribution is 2.19. The van der Waals surface area contributed by atoms with E-state index in [1.807, 2.05) is 0 Å². The summed E-state index contributed by atoms with van der Waals surface area (Å²) in [5, 5.41) is 11.3. The molecule has 0 radical (unpaired) electrons. The Labute approximate surface area is 117 Å². The molecule has 5 heteroatoms. The molecule has 0 aliphatic rings. The highest BCUT2D eigenvalue weighted by atomic mass is 79.9. The van der Waals surface area contributed by atoms with Gasteiger partial charge in [0.05, 0.1) is 11.1 Å². The lowest BCUT2D eigenvalue weighted by molar-refractivity contribution is 0.102. The van der Waals surface area contributed by atoms with Crippen molar-refractivity contribution < 1.29 is 9.18 Å². The highest BCUT2D eigenvalue weighted by Gasteiger charge is 2.10. The zero-order valence-electron chi connectivity index (χ0n) is 9.65. The zero-order valence-corrected chi connectivity index (χ0v) is 11.2. The van der Waals surface area contributed by atoms with Crippen LogP contribution in [0.4, 0.5) is 10.1 Å². The van der Waals surface area contributed by atoms with Crippen molar-refractivity contribution in [1.29, 1.82) is 5.26 Å². The summed E-state index contributed by atoms with van der Waals surface area (Å²) < 4.78 is 13.8. The van der Waals surface area contributed by atoms with E-state index in [-0.39, 0.29) is 11.5 Å². The quantitative estimate of drug-likeness (QED) is 0.917. The number of benzene rings is 2. The van der Waals surface area contributed by atoms with Gasteiger partial charge in [-0.3, -0.25) is 4.79 Å². The third kappa shape index (κ3) is 2.98. The number of nitriles is 1. The lowest BCUT2D eigenvalue weighted by Gasteiger charge is -2.07. The van der Waals surface area contributed by atoms with Crippen molar-refractivity contribution in [2.45, 2.75) is 0 Å². The number of nitrogens with one attached hydrogen (secondary N) is 1. The van der Waals surface area contributed by atoms with Gasteiger partial charge in [0, 0.05) is 10.2 Å².